The molecule has 0 spiro atoms. The van der Waals surface area contributed by atoms with Crippen molar-refractivity contribution in [2.45, 2.75) is 11.8 Å². The highest BCUT2D eigenvalue weighted by Crippen LogP contribution is 2.37. The van der Waals surface area contributed by atoms with Crippen LogP contribution >= 0.6 is 23.5 Å². The van der Waals surface area contributed by atoms with Gasteiger partial charge in [-0.25, -0.2) is 0 Å². The molecule has 0 saturated carbocycles. The SMILES string of the molecule is CSCCCN1C(=O)CSC1c1ccccn1. The third-order valence-electron chi connectivity index (χ3n) is 2.66. The van der Waals surface area contributed by atoms with E-state index in [2.05, 4.69) is 11.2 Å². The van der Waals surface area contributed by atoms with Crippen LogP contribution in [-0.2, 0) is 4.79 Å². The number of pyridine rings is 1. The van der Waals surface area contributed by atoms with Crippen molar-refractivity contribution in [2.75, 3.05) is 24.3 Å². The average Bonchev–Trinajstić information content (AvgIpc) is 2.73. The van der Waals surface area contributed by atoms with Crippen molar-refractivity contribution >= 4 is 29.4 Å². The topological polar surface area (TPSA) is 33.2 Å². The highest BCUT2D eigenvalue weighted by atomic mass is 32.2. The van der Waals surface area contributed by atoms with Gasteiger partial charge in [-0.15, -0.1) is 11.8 Å². The Kier molecular flexibility index (Phi) is 4.74. The number of rotatable bonds is 5. The summed E-state index contributed by atoms with van der Waals surface area (Å²) in [6.45, 7) is 0.841. The lowest BCUT2D eigenvalue weighted by molar-refractivity contribution is -0.128. The first kappa shape index (κ1) is 12.8. The molecule has 1 aliphatic heterocycles. The predicted molar refractivity (Wildman–Crippen MR) is 74.1 cm³/mol. The van der Waals surface area contributed by atoms with E-state index >= 15 is 0 Å². The maximum Gasteiger partial charge on any atom is 0.233 e. The third kappa shape index (κ3) is 3.16. The molecule has 0 bridgehead atoms. The molecule has 1 aromatic heterocycles. The fraction of sp³-hybridized carbons (Fsp3) is 0.500. The van der Waals surface area contributed by atoms with Gasteiger partial charge < -0.3 is 4.90 Å². The second-order valence-corrected chi connectivity index (χ2v) is 5.91. The van der Waals surface area contributed by atoms with Gasteiger partial charge in [0.1, 0.15) is 5.37 Å². The minimum atomic E-state index is 0.116. The maximum absolute atomic E-state index is 11.8. The fourth-order valence-electron chi connectivity index (χ4n) is 1.84. The Morgan fingerprint density at radius 2 is 2.47 bits per heavy atom. The van der Waals surface area contributed by atoms with Gasteiger partial charge in [-0.1, -0.05) is 6.07 Å². The van der Waals surface area contributed by atoms with Crippen molar-refractivity contribution in [1.82, 2.24) is 9.88 Å². The van der Waals surface area contributed by atoms with Crippen molar-refractivity contribution < 1.29 is 4.79 Å². The Hall–Kier alpha value is -0.680. The summed E-state index contributed by atoms with van der Waals surface area (Å²) in [7, 11) is 0. The van der Waals surface area contributed by atoms with E-state index in [0.717, 1.165) is 24.4 Å². The molecule has 0 aliphatic carbocycles. The molecule has 1 amide bonds. The molecule has 1 unspecified atom stereocenters. The van der Waals surface area contributed by atoms with Gasteiger partial charge in [0.2, 0.25) is 5.91 Å². The summed E-state index contributed by atoms with van der Waals surface area (Å²) < 4.78 is 0. The molecule has 0 aromatic carbocycles. The molecule has 0 radical (unpaired) electrons. The highest BCUT2D eigenvalue weighted by Gasteiger charge is 2.32. The Labute approximate surface area is 110 Å². The lowest BCUT2D eigenvalue weighted by Gasteiger charge is -2.23. The first-order chi connectivity index (χ1) is 8.33. The Morgan fingerprint density at radius 1 is 1.59 bits per heavy atom. The molecule has 17 heavy (non-hydrogen) atoms. The van der Waals surface area contributed by atoms with Crippen molar-refractivity contribution in [3.8, 4) is 0 Å². The molecule has 2 heterocycles. The Bertz CT molecular complexity index is 372. The first-order valence-electron chi connectivity index (χ1n) is 5.64. The number of hydrogen-bond acceptors (Lipinski definition) is 4. The van der Waals surface area contributed by atoms with Crippen LogP contribution in [-0.4, -0.2) is 40.1 Å². The molecule has 1 saturated heterocycles. The zero-order chi connectivity index (χ0) is 12.1. The van der Waals surface area contributed by atoms with E-state index in [-0.39, 0.29) is 11.3 Å². The number of amides is 1. The number of nitrogens with zero attached hydrogens (tertiary/aromatic N) is 2. The summed E-state index contributed by atoms with van der Waals surface area (Å²) in [4.78, 5) is 18.1. The highest BCUT2D eigenvalue weighted by molar-refractivity contribution is 8.00. The van der Waals surface area contributed by atoms with Crippen LogP contribution in [0.2, 0.25) is 0 Å². The summed E-state index contributed by atoms with van der Waals surface area (Å²) in [6, 6.07) is 5.88. The van der Waals surface area contributed by atoms with Crippen molar-refractivity contribution in [3.63, 3.8) is 0 Å². The summed E-state index contributed by atoms with van der Waals surface area (Å²) in [5.74, 6) is 1.93. The number of hydrogen-bond donors (Lipinski definition) is 0. The van der Waals surface area contributed by atoms with E-state index in [9.17, 15) is 4.79 Å². The fourth-order valence-corrected chi connectivity index (χ4v) is 3.44. The van der Waals surface area contributed by atoms with E-state index < -0.39 is 0 Å². The number of carbonyl (C=O) groups is 1. The molecule has 1 fully saturated rings. The second-order valence-electron chi connectivity index (χ2n) is 3.85. The van der Waals surface area contributed by atoms with E-state index in [4.69, 9.17) is 0 Å². The lowest BCUT2D eigenvalue weighted by Crippen LogP contribution is -2.29. The van der Waals surface area contributed by atoms with Gasteiger partial charge in [-0.3, -0.25) is 9.78 Å². The monoisotopic (exact) mass is 268 g/mol. The zero-order valence-corrected chi connectivity index (χ0v) is 11.5. The first-order valence-corrected chi connectivity index (χ1v) is 8.08. The largest absolute Gasteiger partial charge is 0.324 e. The average molecular weight is 268 g/mol. The van der Waals surface area contributed by atoms with Gasteiger partial charge in [0.25, 0.3) is 0 Å². The van der Waals surface area contributed by atoms with Gasteiger partial charge in [-0.05, 0) is 30.6 Å². The molecule has 1 atom stereocenters. The summed E-state index contributed by atoms with van der Waals surface area (Å²) >= 11 is 3.50. The Morgan fingerprint density at radius 3 is 3.18 bits per heavy atom. The van der Waals surface area contributed by atoms with Crippen LogP contribution in [0.15, 0.2) is 24.4 Å². The minimum absolute atomic E-state index is 0.116. The van der Waals surface area contributed by atoms with Gasteiger partial charge >= 0.3 is 0 Å². The van der Waals surface area contributed by atoms with E-state index in [1.54, 1.807) is 18.0 Å². The normalized spacial score (nSPS) is 19.9. The van der Waals surface area contributed by atoms with E-state index in [0.29, 0.717) is 5.75 Å². The smallest absolute Gasteiger partial charge is 0.233 e. The minimum Gasteiger partial charge on any atom is -0.324 e. The van der Waals surface area contributed by atoms with Crippen LogP contribution in [0.25, 0.3) is 0 Å². The van der Waals surface area contributed by atoms with Gasteiger partial charge in [0.15, 0.2) is 0 Å². The predicted octanol–water partition coefficient (Wildman–Crippen LogP) is 2.41. The molecule has 5 heteroatoms. The van der Waals surface area contributed by atoms with Gasteiger partial charge in [0.05, 0.1) is 11.4 Å². The molecule has 1 aliphatic rings. The van der Waals surface area contributed by atoms with Crippen molar-refractivity contribution in [2.24, 2.45) is 0 Å². The summed E-state index contributed by atoms with van der Waals surface area (Å²) in [6.07, 6.45) is 4.94. The standard InChI is InChI=1S/C12H16N2OS2/c1-16-8-4-7-14-11(15)9-17-12(14)10-5-2-3-6-13-10/h2-3,5-6,12H,4,7-9H2,1H3. The van der Waals surface area contributed by atoms with Crippen molar-refractivity contribution in [1.29, 1.82) is 0 Å². The molecular weight excluding hydrogens is 252 g/mol. The molecule has 1 aromatic rings. The lowest BCUT2D eigenvalue weighted by atomic mass is 10.3. The summed E-state index contributed by atoms with van der Waals surface area (Å²) in [5, 5.41) is 0.116. The number of thioether (sulfide) groups is 2. The summed E-state index contributed by atoms with van der Waals surface area (Å²) in [5.41, 5.74) is 0.993. The molecule has 0 N–H and O–H groups in total. The maximum atomic E-state index is 11.8. The van der Waals surface area contributed by atoms with Crippen LogP contribution in [0.4, 0.5) is 0 Å². The number of carbonyl (C=O) groups excluding carboxylic acids is 1. The second kappa shape index (κ2) is 6.31. The molecule has 92 valence electrons. The van der Waals surface area contributed by atoms with E-state index in [1.807, 2.05) is 34.9 Å². The van der Waals surface area contributed by atoms with Crippen LogP contribution < -0.4 is 0 Å². The third-order valence-corrected chi connectivity index (χ3v) is 4.58. The Balaban J connectivity index is 2.03. The van der Waals surface area contributed by atoms with Crippen LogP contribution in [0.3, 0.4) is 0 Å². The van der Waals surface area contributed by atoms with Gasteiger partial charge in [-0.2, -0.15) is 11.8 Å². The van der Waals surface area contributed by atoms with Crippen LogP contribution in [0.1, 0.15) is 17.5 Å². The van der Waals surface area contributed by atoms with Gasteiger partial charge in [0, 0.05) is 12.7 Å². The number of aromatic nitrogens is 1. The molecule has 2 rings (SSSR count). The molecule has 3 nitrogen and oxygen atoms in total. The zero-order valence-electron chi connectivity index (χ0n) is 9.83. The van der Waals surface area contributed by atoms with Crippen LogP contribution in [0.5, 0.6) is 0 Å². The van der Waals surface area contributed by atoms with Crippen LogP contribution in [0, 0.1) is 0 Å². The van der Waals surface area contributed by atoms with Crippen molar-refractivity contribution in [3.05, 3.63) is 30.1 Å². The molecular formula is C12H16N2OS2. The van der Waals surface area contributed by atoms with E-state index in [1.165, 1.54) is 0 Å². The quantitative estimate of drug-likeness (QED) is 0.768.